The average molecular weight is 267 g/mol. The van der Waals surface area contributed by atoms with Gasteiger partial charge in [-0.05, 0) is 35.4 Å². The Morgan fingerprint density at radius 3 is 2.25 bits per heavy atom. The lowest BCUT2D eigenvalue weighted by molar-refractivity contribution is 0.0882. The molecule has 0 aromatic heterocycles. The summed E-state index contributed by atoms with van der Waals surface area (Å²) in [5.41, 5.74) is 7.96. The minimum absolute atomic E-state index is 0.195. The fraction of sp³-hybridized carbons (Fsp3) is 0.333. The topological polar surface area (TPSA) is 46.2 Å². The third-order valence-corrected chi connectivity index (χ3v) is 4.50. The molecule has 3 rings (SSSR count). The molecule has 0 heterocycles. The number of benzene rings is 2. The number of rotatable bonds is 4. The van der Waals surface area contributed by atoms with Crippen molar-refractivity contribution in [3.8, 4) is 0 Å². The summed E-state index contributed by atoms with van der Waals surface area (Å²) in [5, 5.41) is 11.2. The Balaban J connectivity index is 2.09. The van der Waals surface area contributed by atoms with Crippen molar-refractivity contribution in [1.82, 2.24) is 0 Å². The summed E-state index contributed by atoms with van der Waals surface area (Å²) in [6.07, 6.45) is 3.71. The van der Waals surface area contributed by atoms with Crippen LogP contribution in [0.4, 0.5) is 0 Å². The highest BCUT2D eigenvalue weighted by Crippen LogP contribution is 2.42. The van der Waals surface area contributed by atoms with Crippen LogP contribution in [0.2, 0.25) is 0 Å². The molecule has 1 atom stereocenters. The second-order valence-corrected chi connectivity index (χ2v) is 5.65. The first-order valence-corrected chi connectivity index (χ1v) is 7.33. The van der Waals surface area contributed by atoms with Gasteiger partial charge in [-0.25, -0.2) is 0 Å². The maximum Gasteiger partial charge on any atom is 0.127 e. The Kier molecular flexibility index (Phi) is 3.60. The van der Waals surface area contributed by atoms with Crippen molar-refractivity contribution in [2.75, 3.05) is 6.54 Å². The van der Waals surface area contributed by atoms with E-state index in [0.29, 0.717) is 5.92 Å². The van der Waals surface area contributed by atoms with E-state index in [4.69, 9.17) is 5.73 Å². The summed E-state index contributed by atoms with van der Waals surface area (Å²) in [7, 11) is 0. The predicted molar refractivity (Wildman–Crippen MR) is 81.5 cm³/mol. The van der Waals surface area contributed by atoms with Crippen LogP contribution in [-0.4, -0.2) is 11.7 Å². The molecule has 20 heavy (non-hydrogen) atoms. The van der Waals surface area contributed by atoms with Crippen molar-refractivity contribution >= 4 is 0 Å². The minimum Gasteiger partial charge on any atom is -0.379 e. The highest BCUT2D eigenvalue weighted by molar-refractivity contribution is 5.43. The highest BCUT2D eigenvalue weighted by atomic mass is 16.3. The van der Waals surface area contributed by atoms with Crippen LogP contribution < -0.4 is 5.73 Å². The molecule has 1 saturated carbocycles. The summed E-state index contributed by atoms with van der Waals surface area (Å²) in [4.78, 5) is 0. The minimum atomic E-state index is -1.09. The second-order valence-electron chi connectivity index (χ2n) is 5.65. The molecule has 1 aliphatic rings. The zero-order valence-electron chi connectivity index (χ0n) is 11.6. The molecule has 0 amide bonds. The van der Waals surface area contributed by atoms with Crippen LogP contribution in [0, 0.1) is 0 Å². The fourth-order valence-electron chi connectivity index (χ4n) is 3.05. The van der Waals surface area contributed by atoms with Gasteiger partial charge < -0.3 is 10.8 Å². The monoisotopic (exact) mass is 267 g/mol. The quantitative estimate of drug-likeness (QED) is 0.894. The molecular weight excluding hydrogens is 246 g/mol. The Morgan fingerprint density at radius 1 is 1.00 bits per heavy atom. The molecule has 1 fully saturated rings. The van der Waals surface area contributed by atoms with Crippen LogP contribution in [0.1, 0.15) is 41.9 Å². The summed E-state index contributed by atoms with van der Waals surface area (Å²) >= 11 is 0. The van der Waals surface area contributed by atoms with E-state index in [1.165, 1.54) is 24.8 Å². The van der Waals surface area contributed by atoms with Crippen molar-refractivity contribution in [2.24, 2.45) is 5.73 Å². The van der Waals surface area contributed by atoms with Gasteiger partial charge in [0.15, 0.2) is 0 Å². The number of aliphatic hydroxyl groups is 1. The fourth-order valence-corrected chi connectivity index (χ4v) is 3.05. The average Bonchev–Trinajstić information content (AvgIpc) is 2.46. The molecule has 1 unspecified atom stereocenters. The van der Waals surface area contributed by atoms with Crippen molar-refractivity contribution < 1.29 is 5.11 Å². The predicted octanol–water partition coefficient (Wildman–Crippen LogP) is 3.15. The SMILES string of the molecule is NCC(O)(c1ccccc1)c1ccccc1C1CCC1. The van der Waals surface area contributed by atoms with Gasteiger partial charge in [0.2, 0.25) is 0 Å². The molecule has 3 N–H and O–H groups in total. The van der Waals surface area contributed by atoms with E-state index in [-0.39, 0.29) is 6.54 Å². The van der Waals surface area contributed by atoms with E-state index in [0.717, 1.165) is 11.1 Å². The lowest BCUT2D eigenvalue weighted by atomic mass is 9.73. The van der Waals surface area contributed by atoms with Gasteiger partial charge in [0, 0.05) is 6.54 Å². The third-order valence-electron chi connectivity index (χ3n) is 4.50. The zero-order chi connectivity index (χ0) is 14.0. The molecule has 2 aromatic rings. The molecule has 0 bridgehead atoms. The van der Waals surface area contributed by atoms with Gasteiger partial charge in [0.25, 0.3) is 0 Å². The molecule has 2 nitrogen and oxygen atoms in total. The summed E-state index contributed by atoms with van der Waals surface area (Å²) < 4.78 is 0. The Hall–Kier alpha value is -1.64. The first kappa shape index (κ1) is 13.3. The molecule has 0 radical (unpaired) electrons. The number of hydrogen-bond acceptors (Lipinski definition) is 2. The Labute approximate surface area is 120 Å². The van der Waals surface area contributed by atoms with Crippen molar-refractivity contribution in [3.05, 3.63) is 71.3 Å². The molecule has 2 heteroatoms. The van der Waals surface area contributed by atoms with E-state index in [9.17, 15) is 5.11 Å². The second kappa shape index (κ2) is 5.39. The largest absolute Gasteiger partial charge is 0.379 e. The third kappa shape index (κ3) is 2.15. The van der Waals surface area contributed by atoms with Crippen molar-refractivity contribution in [3.63, 3.8) is 0 Å². The highest BCUT2D eigenvalue weighted by Gasteiger charge is 2.34. The molecule has 104 valence electrons. The maximum absolute atomic E-state index is 11.2. The van der Waals surface area contributed by atoms with Crippen LogP contribution in [0.25, 0.3) is 0 Å². The van der Waals surface area contributed by atoms with Crippen LogP contribution in [0.3, 0.4) is 0 Å². The van der Waals surface area contributed by atoms with Crippen LogP contribution in [0.15, 0.2) is 54.6 Å². The molecular formula is C18H21NO. The van der Waals surface area contributed by atoms with Gasteiger partial charge in [0.05, 0.1) is 0 Å². The smallest absolute Gasteiger partial charge is 0.127 e. The van der Waals surface area contributed by atoms with Crippen LogP contribution in [-0.2, 0) is 5.60 Å². The van der Waals surface area contributed by atoms with Gasteiger partial charge in [0.1, 0.15) is 5.60 Å². The van der Waals surface area contributed by atoms with E-state index < -0.39 is 5.60 Å². The summed E-state index contributed by atoms with van der Waals surface area (Å²) in [6.45, 7) is 0.195. The van der Waals surface area contributed by atoms with Crippen molar-refractivity contribution in [1.29, 1.82) is 0 Å². The normalized spacial score (nSPS) is 18.3. The van der Waals surface area contributed by atoms with E-state index in [1.807, 2.05) is 42.5 Å². The van der Waals surface area contributed by atoms with Gasteiger partial charge in [-0.3, -0.25) is 0 Å². The Bertz CT molecular complexity index is 577. The lowest BCUT2D eigenvalue weighted by Gasteiger charge is -2.35. The van der Waals surface area contributed by atoms with Gasteiger partial charge in [-0.1, -0.05) is 61.0 Å². The molecule has 0 saturated heterocycles. The lowest BCUT2D eigenvalue weighted by Crippen LogP contribution is -2.37. The molecule has 1 aliphatic carbocycles. The van der Waals surface area contributed by atoms with Gasteiger partial charge in [-0.15, -0.1) is 0 Å². The van der Waals surface area contributed by atoms with Crippen LogP contribution in [0.5, 0.6) is 0 Å². The number of nitrogens with two attached hydrogens (primary N) is 1. The van der Waals surface area contributed by atoms with Crippen molar-refractivity contribution in [2.45, 2.75) is 30.8 Å². The van der Waals surface area contributed by atoms with E-state index in [2.05, 4.69) is 12.1 Å². The molecule has 0 aliphatic heterocycles. The number of hydrogen-bond donors (Lipinski definition) is 2. The van der Waals surface area contributed by atoms with E-state index >= 15 is 0 Å². The molecule has 0 spiro atoms. The first-order valence-electron chi connectivity index (χ1n) is 7.33. The molecule has 2 aromatic carbocycles. The Morgan fingerprint density at radius 2 is 1.65 bits per heavy atom. The van der Waals surface area contributed by atoms with E-state index in [1.54, 1.807) is 0 Å². The first-order chi connectivity index (χ1) is 9.75. The standard InChI is InChI=1S/C18H21NO/c19-13-18(20,15-9-2-1-3-10-15)17-12-5-4-11-16(17)14-7-6-8-14/h1-5,9-12,14,20H,6-8,13,19H2. The van der Waals surface area contributed by atoms with Gasteiger partial charge >= 0.3 is 0 Å². The zero-order valence-corrected chi connectivity index (χ0v) is 11.6. The summed E-state index contributed by atoms with van der Waals surface area (Å²) in [5.74, 6) is 0.577. The van der Waals surface area contributed by atoms with Crippen LogP contribution >= 0.6 is 0 Å². The maximum atomic E-state index is 11.2. The van der Waals surface area contributed by atoms with Gasteiger partial charge in [-0.2, -0.15) is 0 Å². The summed E-state index contributed by atoms with van der Waals surface area (Å²) in [6, 6.07) is 18.0.